The van der Waals surface area contributed by atoms with E-state index in [2.05, 4.69) is 72.3 Å². The lowest BCUT2D eigenvalue weighted by Crippen LogP contribution is -2.39. The van der Waals surface area contributed by atoms with Crippen LogP contribution in [0.15, 0.2) is 44.8 Å². The second kappa shape index (κ2) is 6.70. The first-order valence-electron chi connectivity index (χ1n) is 6.22. The fourth-order valence-corrected chi connectivity index (χ4v) is 4.58. The van der Waals surface area contributed by atoms with Crippen molar-refractivity contribution in [1.29, 1.82) is 0 Å². The summed E-state index contributed by atoms with van der Waals surface area (Å²) >= 11 is 11.0. The van der Waals surface area contributed by atoms with Crippen LogP contribution in [0.3, 0.4) is 0 Å². The van der Waals surface area contributed by atoms with Crippen molar-refractivity contribution in [1.82, 2.24) is 5.32 Å². The normalized spacial score (nSPS) is 21.8. The van der Waals surface area contributed by atoms with Gasteiger partial charge in [0.05, 0.1) is 0 Å². The van der Waals surface area contributed by atoms with E-state index in [-0.39, 0.29) is 0 Å². The molecule has 0 bridgehead atoms. The molecule has 0 aromatic heterocycles. The average molecular weight is 450 g/mol. The third-order valence-corrected chi connectivity index (χ3v) is 6.12. The first-order chi connectivity index (χ1) is 9.08. The summed E-state index contributed by atoms with van der Waals surface area (Å²) in [6.45, 7) is 7.72. The Kier molecular flexibility index (Phi) is 5.46. The summed E-state index contributed by atoms with van der Waals surface area (Å²) in [5.41, 5.74) is 2.72. The molecule has 1 aliphatic rings. The average Bonchev–Trinajstić information content (AvgIpc) is 2.36. The van der Waals surface area contributed by atoms with Crippen LogP contribution in [0.5, 0.6) is 0 Å². The Labute approximate surface area is 139 Å². The van der Waals surface area contributed by atoms with Crippen LogP contribution in [0, 0.1) is 0 Å². The summed E-state index contributed by atoms with van der Waals surface area (Å²) in [4.78, 5) is 0. The van der Waals surface area contributed by atoms with Gasteiger partial charge in [-0.3, -0.25) is 0 Å². The zero-order chi connectivity index (χ0) is 14.0. The van der Waals surface area contributed by atoms with E-state index in [1.165, 1.54) is 15.6 Å². The number of nitrogens with one attached hydrogen (secondary N) is 1. The lowest BCUT2D eigenvalue weighted by Gasteiger charge is -2.34. The molecular weight excluding hydrogens is 434 g/mol. The monoisotopic (exact) mass is 447 g/mol. The quantitative estimate of drug-likeness (QED) is 0.460. The van der Waals surface area contributed by atoms with Gasteiger partial charge in [-0.2, -0.15) is 0 Å². The van der Waals surface area contributed by atoms with Crippen LogP contribution in [0.1, 0.15) is 30.0 Å². The molecule has 2 atom stereocenters. The van der Waals surface area contributed by atoms with Gasteiger partial charge >= 0.3 is 0 Å². The van der Waals surface area contributed by atoms with Crippen LogP contribution in [0.2, 0.25) is 0 Å². The minimum absolute atomic E-state index is 0.300. The van der Waals surface area contributed by atoms with Crippen molar-refractivity contribution in [3.05, 3.63) is 55.9 Å². The molecule has 1 heterocycles. The van der Waals surface area contributed by atoms with Crippen molar-refractivity contribution in [2.45, 2.75) is 31.3 Å². The summed E-state index contributed by atoms with van der Waals surface area (Å²) in [7, 11) is 0. The van der Waals surface area contributed by atoms with Gasteiger partial charge in [-0.15, -0.1) is 13.2 Å². The fraction of sp³-hybridized carbons (Fsp3) is 0.333. The summed E-state index contributed by atoms with van der Waals surface area (Å²) in [6, 6.07) is 2.86. The predicted octanol–water partition coefficient (Wildman–Crippen LogP) is 5.68. The Morgan fingerprint density at radius 1 is 1.16 bits per heavy atom. The van der Waals surface area contributed by atoms with Crippen LogP contribution in [-0.2, 0) is 6.42 Å². The molecule has 0 radical (unpaired) electrons. The number of benzene rings is 1. The number of fused-ring (bicyclic) bond motifs is 1. The number of hydrogen-bond donors (Lipinski definition) is 1. The molecule has 1 aliphatic heterocycles. The predicted molar refractivity (Wildman–Crippen MR) is 92.5 cm³/mol. The zero-order valence-electron chi connectivity index (χ0n) is 10.6. The summed E-state index contributed by atoms with van der Waals surface area (Å²) < 4.78 is 3.39. The van der Waals surface area contributed by atoms with Gasteiger partial charge in [0, 0.05) is 25.5 Å². The highest BCUT2D eigenvalue weighted by molar-refractivity contribution is 9.13. The summed E-state index contributed by atoms with van der Waals surface area (Å²) in [5, 5.41) is 3.69. The number of hydrogen-bond acceptors (Lipinski definition) is 1. The third-order valence-electron chi connectivity index (χ3n) is 3.40. The highest BCUT2D eigenvalue weighted by Crippen LogP contribution is 2.42. The Bertz CT molecular complexity index is 511. The van der Waals surface area contributed by atoms with E-state index in [1.807, 2.05) is 12.2 Å². The second-order valence-corrected chi connectivity index (χ2v) is 7.22. The maximum atomic E-state index is 3.87. The van der Waals surface area contributed by atoms with E-state index in [4.69, 9.17) is 0 Å². The zero-order valence-corrected chi connectivity index (χ0v) is 15.3. The minimum atomic E-state index is 0.300. The first-order valence-corrected chi connectivity index (χ1v) is 8.60. The van der Waals surface area contributed by atoms with Crippen LogP contribution >= 0.6 is 47.8 Å². The molecule has 1 nitrogen and oxygen atoms in total. The van der Waals surface area contributed by atoms with E-state index >= 15 is 0 Å². The smallest absolute Gasteiger partial charge is 0.0372 e. The molecule has 1 aromatic rings. The maximum absolute atomic E-state index is 3.87. The van der Waals surface area contributed by atoms with Crippen molar-refractivity contribution < 1.29 is 0 Å². The molecule has 19 heavy (non-hydrogen) atoms. The molecule has 0 amide bonds. The van der Waals surface area contributed by atoms with Gasteiger partial charge in [0.25, 0.3) is 0 Å². The van der Waals surface area contributed by atoms with Gasteiger partial charge in [-0.05, 0) is 68.3 Å². The van der Waals surface area contributed by atoms with Gasteiger partial charge in [0.15, 0.2) is 0 Å². The Hall–Kier alpha value is 0.1000. The highest BCUT2D eigenvalue weighted by Gasteiger charge is 2.29. The van der Waals surface area contributed by atoms with Gasteiger partial charge in [-0.25, -0.2) is 0 Å². The van der Waals surface area contributed by atoms with E-state index in [9.17, 15) is 0 Å². The van der Waals surface area contributed by atoms with Crippen molar-refractivity contribution in [2.75, 3.05) is 0 Å². The lowest BCUT2D eigenvalue weighted by molar-refractivity contribution is 0.403. The Morgan fingerprint density at radius 3 is 2.47 bits per heavy atom. The number of rotatable bonds is 4. The number of halogens is 3. The summed E-state index contributed by atoms with van der Waals surface area (Å²) in [5.74, 6) is 0. The molecule has 4 heteroatoms. The van der Waals surface area contributed by atoms with Crippen molar-refractivity contribution in [2.24, 2.45) is 0 Å². The molecule has 1 N–H and O–H groups in total. The lowest BCUT2D eigenvalue weighted by atomic mass is 9.87. The molecule has 2 rings (SSSR count). The topological polar surface area (TPSA) is 12.0 Å². The molecule has 0 fully saturated rings. The molecule has 0 saturated heterocycles. The standard InChI is InChI=1S/C15H16Br3N/c1-3-5-9-7-10-11(16)8-12(17)15(18)14(10)13(19-9)6-4-2/h3-4,8-9,13,19H,1-2,5-7H2/t9-,13-/m1/s1. The largest absolute Gasteiger partial charge is 0.306 e. The molecule has 102 valence electrons. The van der Waals surface area contributed by atoms with Gasteiger partial charge in [0.2, 0.25) is 0 Å². The molecule has 0 spiro atoms. The highest BCUT2D eigenvalue weighted by atomic mass is 79.9. The molecule has 1 aromatic carbocycles. The van der Waals surface area contributed by atoms with E-state index < -0.39 is 0 Å². The molecule has 0 aliphatic carbocycles. The van der Waals surface area contributed by atoms with Gasteiger partial charge in [-0.1, -0.05) is 28.1 Å². The van der Waals surface area contributed by atoms with E-state index in [0.29, 0.717) is 12.1 Å². The van der Waals surface area contributed by atoms with Gasteiger partial charge < -0.3 is 5.32 Å². The molecule has 0 saturated carbocycles. The van der Waals surface area contributed by atoms with Crippen LogP contribution in [-0.4, -0.2) is 6.04 Å². The van der Waals surface area contributed by atoms with E-state index in [0.717, 1.165) is 28.2 Å². The second-order valence-electron chi connectivity index (χ2n) is 4.72. The Morgan fingerprint density at radius 2 is 1.84 bits per heavy atom. The van der Waals surface area contributed by atoms with Gasteiger partial charge in [0.1, 0.15) is 0 Å². The van der Waals surface area contributed by atoms with E-state index in [1.54, 1.807) is 0 Å². The van der Waals surface area contributed by atoms with Crippen LogP contribution in [0.25, 0.3) is 0 Å². The third kappa shape index (κ3) is 3.23. The summed E-state index contributed by atoms with van der Waals surface area (Å²) in [6.07, 6.45) is 6.87. The molecular formula is C15H16Br3N. The minimum Gasteiger partial charge on any atom is -0.306 e. The first kappa shape index (κ1) is 15.5. The SMILES string of the molecule is C=CC[C@@H]1Cc2c(Br)cc(Br)c(Br)c2[C@@H](CC=C)N1. The van der Waals surface area contributed by atoms with Crippen molar-refractivity contribution in [3.8, 4) is 0 Å². The van der Waals surface area contributed by atoms with Crippen molar-refractivity contribution in [3.63, 3.8) is 0 Å². The Balaban J connectivity index is 2.50. The van der Waals surface area contributed by atoms with Crippen LogP contribution in [0.4, 0.5) is 0 Å². The fourth-order valence-electron chi connectivity index (χ4n) is 2.60. The molecule has 0 unspecified atom stereocenters. The van der Waals surface area contributed by atoms with Crippen LogP contribution < -0.4 is 5.32 Å². The maximum Gasteiger partial charge on any atom is 0.0372 e. The van der Waals surface area contributed by atoms with Crippen molar-refractivity contribution >= 4 is 47.8 Å².